The van der Waals surface area contributed by atoms with Crippen molar-refractivity contribution in [2.75, 3.05) is 17.1 Å². The molecule has 0 radical (unpaired) electrons. The molecule has 0 aliphatic carbocycles. The molecule has 154 valence electrons. The minimum Gasteiger partial charge on any atom is -0.497 e. The smallest absolute Gasteiger partial charge is 0.261 e. The number of fused-ring (bicyclic) bond motifs is 1. The topological polar surface area (TPSA) is 80.3 Å². The number of methoxy groups -OCH3 is 1. The summed E-state index contributed by atoms with van der Waals surface area (Å²) in [6.07, 6.45) is 1.71. The van der Waals surface area contributed by atoms with Gasteiger partial charge in [0.15, 0.2) is 0 Å². The molecule has 0 fully saturated rings. The lowest BCUT2D eigenvalue weighted by Crippen LogP contribution is -2.12. The number of nitrogens with one attached hydrogen (secondary N) is 2. The zero-order chi connectivity index (χ0) is 20.3. The van der Waals surface area contributed by atoms with Crippen LogP contribution in [0.15, 0.2) is 90.0 Å². The van der Waals surface area contributed by atoms with Crippen molar-refractivity contribution in [2.24, 2.45) is 0 Å². The molecule has 0 aliphatic rings. The van der Waals surface area contributed by atoms with Crippen molar-refractivity contribution < 1.29 is 13.2 Å². The van der Waals surface area contributed by atoms with Crippen molar-refractivity contribution in [3.63, 3.8) is 0 Å². The Labute approximate surface area is 181 Å². The van der Waals surface area contributed by atoms with Crippen LogP contribution >= 0.6 is 12.4 Å². The number of halogens is 1. The Morgan fingerprint density at radius 2 is 1.57 bits per heavy atom. The number of pyridine rings is 1. The van der Waals surface area contributed by atoms with Gasteiger partial charge in [0.25, 0.3) is 10.0 Å². The van der Waals surface area contributed by atoms with Crippen LogP contribution in [0.25, 0.3) is 10.9 Å². The molecule has 0 aliphatic heterocycles. The Kier molecular flexibility index (Phi) is 6.44. The molecule has 8 heteroatoms. The number of nitrogens with zero attached hydrogens (tertiary/aromatic N) is 1. The first-order chi connectivity index (χ1) is 14.0. The first kappa shape index (κ1) is 21.4. The highest BCUT2D eigenvalue weighted by atomic mass is 35.5. The normalized spacial score (nSPS) is 10.8. The van der Waals surface area contributed by atoms with E-state index in [0.717, 1.165) is 28.0 Å². The third-order valence-corrected chi connectivity index (χ3v) is 5.81. The summed E-state index contributed by atoms with van der Waals surface area (Å²) in [5.41, 5.74) is 2.92. The van der Waals surface area contributed by atoms with E-state index >= 15 is 0 Å². The highest BCUT2D eigenvalue weighted by Gasteiger charge is 2.14. The van der Waals surface area contributed by atoms with Crippen molar-refractivity contribution in [3.8, 4) is 5.75 Å². The van der Waals surface area contributed by atoms with Gasteiger partial charge in [0, 0.05) is 28.6 Å². The average Bonchev–Trinajstić information content (AvgIpc) is 2.75. The van der Waals surface area contributed by atoms with Gasteiger partial charge in [0.2, 0.25) is 0 Å². The number of sulfonamides is 1. The van der Waals surface area contributed by atoms with Crippen molar-refractivity contribution >= 4 is 50.4 Å². The van der Waals surface area contributed by atoms with Crippen LogP contribution in [0.3, 0.4) is 0 Å². The van der Waals surface area contributed by atoms with E-state index in [9.17, 15) is 8.42 Å². The molecule has 3 aromatic carbocycles. The lowest BCUT2D eigenvalue weighted by Gasteiger charge is -2.12. The summed E-state index contributed by atoms with van der Waals surface area (Å²) in [5, 5.41) is 4.15. The van der Waals surface area contributed by atoms with Crippen LogP contribution in [0.5, 0.6) is 5.75 Å². The quantitative estimate of drug-likeness (QED) is 0.429. The largest absolute Gasteiger partial charge is 0.497 e. The van der Waals surface area contributed by atoms with E-state index in [4.69, 9.17) is 4.74 Å². The van der Waals surface area contributed by atoms with Crippen molar-refractivity contribution in [3.05, 3.63) is 85.1 Å². The Bertz CT molecular complexity index is 1250. The third kappa shape index (κ3) is 4.64. The van der Waals surface area contributed by atoms with E-state index in [1.54, 1.807) is 61.8 Å². The molecule has 0 bridgehead atoms. The van der Waals surface area contributed by atoms with Gasteiger partial charge in [0.1, 0.15) is 5.75 Å². The van der Waals surface area contributed by atoms with Gasteiger partial charge >= 0.3 is 0 Å². The standard InChI is InChI=1S/C22H19N3O3S.ClH/c1-28-18-10-7-16(8-11-18)24-22-13-14-23-21-12-9-17(15-20(21)22)25-29(26,27)19-5-3-2-4-6-19;/h2-15,25H,1H3,(H,23,24);1H. The third-order valence-electron chi connectivity index (χ3n) is 4.42. The van der Waals surface area contributed by atoms with E-state index in [2.05, 4.69) is 15.0 Å². The van der Waals surface area contributed by atoms with Crippen LogP contribution in [0.4, 0.5) is 17.1 Å². The number of hydrogen-bond donors (Lipinski definition) is 2. The Hall–Kier alpha value is -3.29. The lowest BCUT2D eigenvalue weighted by molar-refractivity contribution is 0.415. The molecule has 0 atom stereocenters. The summed E-state index contributed by atoms with van der Waals surface area (Å²) in [4.78, 5) is 4.58. The van der Waals surface area contributed by atoms with Gasteiger partial charge in [-0.15, -0.1) is 12.4 Å². The maximum Gasteiger partial charge on any atom is 0.261 e. The molecule has 6 nitrogen and oxygen atoms in total. The second-order valence-corrected chi connectivity index (χ2v) is 8.04. The zero-order valence-electron chi connectivity index (χ0n) is 16.1. The average molecular weight is 442 g/mol. The summed E-state index contributed by atoms with van der Waals surface area (Å²) in [7, 11) is -2.04. The highest BCUT2D eigenvalue weighted by molar-refractivity contribution is 7.92. The summed E-state index contributed by atoms with van der Waals surface area (Å²) in [5.74, 6) is 0.771. The van der Waals surface area contributed by atoms with E-state index < -0.39 is 10.0 Å². The predicted molar refractivity (Wildman–Crippen MR) is 123 cm³/mol. The van der Waals surface area contributed by atoms with Gasteiger partial charge in [-0.3, -0.25) is 9.71 Å². The minimum absolute atomic E-state index is 0. The van der Waals surface area contributed by atoms with Gasteiger partial charge < -0.3 is 10.1 Å². The fourth-order valence-electron chi connectivity index (χ4n) is 2.96. The monoisotopic (exact) mass is 441 g/mol. The molecular weight excluding hydrogens is 422 g/mol. The summed E-state index contributed by atoms with van der Waals surface area (Å²) in [6.45, 7) is 0. The van der Waals surface area contributed by atoms with E-state index in [0.29, 0.717) is 5.69 Å². The van der Waals surface area contributed by atoms with Crippen LogP contribution < -0.4 is 14.8 Å². The molecule has 4 aromatic rings. The number of aromatic nitrogens is 1. The van der Waals surface area contributed by atoms with Crippen LogP contribution in [0.2, 0.25) is 0 Å². The van der Waals surface area contributed by atoms with Crippen LogP contribution in [-0.4, -0.2) is 20.5 Å². The number of rotatable bonds is 6. The molecule has 1 heterocycles. The first-order valence-corrected chi connectivity index (χ1v) is 10.4. The fraction of sp³-hybridized carbons (Fsp3) is 0.0455. The maximum absolute atomic E-state index is 12.6. The minimum atomic E-state index is -3.67. The summed E-state index contributed by atoms with van der Waals surface area (Å²) < 4.78 is 33.1. The Morgan fingerprint density at radius 3 is 2.27 bits per heavy atom. The molecule has 0 spiro atoms. The Morgan fingerprint density at radius 1 is 0.867 bits per heavy atom. The van der Waals surface area contributed by atoms with Crippen LogP contribution in [0.1, 0.15) is 0 Å². The van der Waals surface area contributed by atoms with E-state index in [-0.39, 0.29) is 17.3 Å². The molecule has 1 aromatic heterocycles. The van der Waals surface area contributed by atoms with Gasteiger partial charge in [0.05, 0.1) is 17.5 Å². The van der Waals surface area contributed by atoms with Crippen LogP contribution in [-0.2, 0) is 10.0 Å². The molecule has 2 N–H and O–H groups in total. The number of ether oxygens (including phenoxy) is 1. The summed E-state index contributed by atoms with van der Waals surface area (Å²) >= 11 is 0. The highest BCUT2D eigenvalue weighted by Crippen LogP contribution is 2.29. The molecule has 0 amide bonds. The molecule has 0 saturated carbocycles. The van der Waals surface area contributed by atoms with Gasteiger partial charge in [-0.25, -0.2) is 8.42 Å². The van der Waals surface area contributed by atoms with Crippen molar-refractivity contribution in [2.45, 2.75) is 4.90 Å². The Balaban J connectivity index is 0.00000256. The van der Waals surface area contributed by atoms with Gasteiger partial charge in [-0.1, -0.05) is 18.2 Å². The lowest BCUT2D eigenvalue weighted by atomic mass is 10.1. The number of anilines is 3. The molecular formula is C22H20ClN3O3S. The van der Waals surface area contributed by atoms with E-state index in [1.165, 1.54) is 0 Å². The van der Waals surface area contributed by atoms with E-state index in [1.807, 2.05) is 30.3 Å². The zero-order valence-corrected chi connectivity index (χ0v) is 17.7. The van der Waals surface area contributed by atoms with Crippen molar-refractivity contribution in [1.82, 2.24) is 4.98 Å². The van der Waals surface area contributed by atoms with Crippen molar-refractivity contribution in [1.29, 1.82) is 0 Å². The first-order valence-electron chi connectivity index (χ1n) is 8.93. The SMILES string of the molecule is COc1ccc(Nc2ccnc3ccc(NS(=O)(=O)c4ccccc4)cc23)cc1.Cl. The molecule has 30 heavy (non-hydrogen) atoms. The second kappa shape index (κ2) is 9.02. The maximum atomic E-state index is 12.6. The van der Waals surface area contributed by atoms with Gasteiger partial charge in [-0.05, 0) is 60.7 Å². The summed E-state index contributed by atoms with van der Waals surface area (Å²) in [6, 6.07) is 22.9. The number of hydrogen-bond acceptors (Lipinski definition) is 5. The molecule has 4 rings (SSSR count). The van der Waals surface area contributed by atoms with Gasteiger partial charge in [-0.2, -0.15) is 0 Å². The number of benzene rings is 3. The molecule has 0 unspecified atom stereocenters. The second-order valence-electron chi connectivity index (χ2n) is 6.36. The fourth-order valence-corrected chi connectivity index (χ4v) is 4.03. The van der Waals surface area contributed by atoms with Crippen LogP contribution in [0, 0.1) is 0 Å². The molecule has 0 saturated heterocycles. The predicted octanol–water partition coefficient (Wildman–Crippen LogP) is 5.21.